The fraction of sp³-hybridized carbons (Fsp3) is 0. The molecule has 0 aliphatic heterocycles. The highest BCUT2D eigenvalue weighted by Crippen LogP contribution is 2.25. The summed E-state index contributed by atoms with van der Waals surface area (Å²) < 4.78 is 0. The molecule has 0 amide bonds. The monoisotopic (exact) mass is 255 g/mol. The molecule has 2 heterocycles. The standard InChI is InChI=1S/C14H10ClN3/c15-10-5-3-9(4-6-10)12-8-13-11(14(16)18-12)2-1-7-17-13/h1-8H,(H2,16,18). The van der Waals surface area contributed by atoms with Crippen molar-refractivity contribution in [1.82, 2.24) is 9.97 Å². The highest BCUT2D eigenvalue weighted by molar-refractivity contribution is 6.30. The maximum atomic E-state index is 5.95. The van der Waals surface area contributed by atoms with Crippen LogP contribution < -0.4 is 5.73 Å². The van der Waals surface area contributed by atoms with Gasteiger partial charge in [0.15, 0.2) is 0 Å². The molecule has 0 saturated heterocycles. The van der Waals surface area contributed by atoms with Crippen LogP contribution in [0.5, 0.6) is 0 Å². The number of anilines is 1. The van der Waals surface area contributed by atoms with E-state index >= 15 is 0 Å². The largest absolute Gasteiger partial charge is 0.383 e. The molecule has 0 bridgehead atoms. The average molecular weight is 256 g/mol. The van der Waals surface area contributed by atoms with Crippen molar-refractivity contribution in [1.29, 1.82) is 0 Å². The summed E-state index contributed by atoms with van der Waals surface area (Å²) in [6, 6.07) is 13.2. The molecule has 3 aromatic rings. The molecule has 0 spiro atoms. The van der Waals surface area contributed by atoms with Crippen LogP contribution in [-0.4, -0.2) is 9.97 Å². The molecular formula is C14H10ClN3. The van der Waals surface area contributed by atoms with E-state index in [2.05, 4.69) is 9.97 Å². The summed E-state index contributed by atoms with van der Waals surface area (Å²) in [5.41, 5.74) is 8.56. The van der Waals surface area contributed by atoms with Gasteiger partial charge in [0.25, 0.3) is 0 Å². The second kappa shape index (κ2) is 4.27. The van der Waals surface area contributed by atoms with Crippen LogP contribution in [-0.2, 0) is 0 Å². The van der Waals surface area contributed by atoms with Gasteiger partial charge in [0.2, 0.25) is 0 Å². The lowest BCUT2D eigenvalue weighted by molar-refractivity contribution is 1.33. The first kappa shape index (κ1) is 11.0. The minimum atomic E-state index is 0.491. The summed E-state index contributed by atoms with van der Waals surface area (Å²) in [5.74, 6) is 0.491. The van der Waals surface area contributed by atoms with Crippen molar-refractivity contribution in [2.75, 3.05) is 5.73 Å². The van der Waals surface area contributed by atoms with Gasteiger partial charge in [-0.2, -0.15) is 0 Å². The molecule has 2 aromatic heterocycles. The molecule has 0 aliphatic carbocycles. The first-order chi connectivity index (χ1) is 8.74. The number of nitrogens with zero attached hydrogens (tertiary/aromatic N) is 2. The van der Waals surface area contributed by atoms with Crippen molar-refractivity contribution in [2.45, 2.75) is 0 Å². The molecule has 0 atom stereocenters. The number of hydrogen-bond donors (Lipinski definition) is 1. The molecule has 3 rings (SSSR count). The van der Waals surface area contributed by atoms with Crippen LogP contribution in [0.2, 0.25) is 5.02 Å². The van der Waals surface area contributed by atoms with Gasteiger partial charge in [0.1, 0.15) is 5.82 Å². The normalized spacial score (nSPS) is 10.7. The van der Waals surface area contributed by atoms with Crippen LogP contribution >= 0.6 is 11.6 Å². The van der Waals surface area contributed by atoms with Gasteiger partial charge in [-0.05, 0) is 30.3 Å². The van der Waals surface area contributed by atoms with Crippen molar-refractivity contribution in [3.63, 3.8) is 0 Å². The van der Waals surface area contributed by atoms with Gasteiger partial charge in [-0.1, -0.05) is 23.7 Å². The van der Waals surface area contributed by atoms with E-state index in [4.69, 9.17) is 17.3 Å². The Labute approximate surface area is 109 Å². The number of nitrogens with two attached hydrogens (primary N) is 1. The summed E-state index contributed by atoms with van der Waals surface area (Å²) in [6.07, 6.45) is 1.74. The van der Waals surface area contributed by atoms with Crippen molar-refractivity contribution in [3.05, 3.63) is 53.7 Å². The Morgan fingerprint density at radius 2 is 1.83 bits per heavy atom. The Hall–Kier alpha value is -2.13. The Bertz CT molecular complexity index is 708. The van der Waals surface area contributed by atoms with Gasteiger partial charge >= 0.3 is 0 Å². The Morgan fingerprint density at radius 3 is 2.61 bits per heavy atom. The van der Waals surface area contributed by atoms with Crippen molar-refractivity contribution >= 4 is 28.3 Å². The molecule has 4 heteroatoms. The van der Waals surface area contributed by atoms with Gasteiger partial charge in [-0.25, -0.2) is 4.98 Å². The van der Waals surface area contributed by atoms with E-state index in [1.54, 1.807) is 6.20 Å². The van der Waals surface area contributed by atoms with E-state index in [1.165, 1.54) is 0 Å². The van der Waals surface area contributed by atoms with E-state index in [-0.39, 0.29) is 0 Å². The molecule has 18 heavy (non-hydrogen) atoms. The highest BCUT2D eigenvalue weighted by Gasteiger charge is 2.05. The number of pyridine rings is 2. The van der Waals surface area contributed by atoms with E-state index in [1.807, 2.05) is 42.5 Å². The molecular weight excluding hydrogens is 246 g/mol. The van der Waals surface area contributed by atoms with Gasteiger partial charge in [-0.3, -0.25) is 4.98 Å². The third-order valence-electron chi connectivity index (χ3n) is 2.77. The van der Waals surface area contributed by atoms with Gasteiger partial charge in [-0.15, -0.1) is 0 Å². The SMILES string of the molecule is Nc1nc(-c2ccc(Cl)cc2)cc2ncccc12. The lowest BCUT2D eigenvalue weighted by Gasteiger charge is -2.05. The quantitative estimate of drug-likeness (QED) is 0.724. The molecule has 0 fully saturated rings. The molecule has 2 N–H and O–H groups in total. The van der Waals surface area contributed by atoms with Crippen molar-refractivity contribution in [2.24, 2.45) is 0 Å². The van der Waals surface area contributed by atoms with Crippen LogP contribution in [0.4, 0.5) is 5.82 Å². The van der Waals surface area contributed by atoms with Crippen LogP contribution in [0.15, 0.2) is 48.7 Å². The number of hydrogen-bond acceptors (Lipinski definition) is 3. The van der Waals surface area contributed by atoms with Gasteiger partial charge < -0.3 is 5.73 Å². The number of aromatic nitrogens is 2. The summed E-state index contributed by atoms with van der Waals surface area (Å²) in [4.78, 5) is 8.70. The van der Waals surface area contributed by atoms with E-state index in [9.17, 15) is 0 Å². The topological polar surface area (TPSA) is 51.8 Å². The molecule has 1 aromatic carbocycles. The van der Waals surface area contributed by atoms with Crippen molar-refractivity contribution < 1.29 is 0 Å². The predicted octanol–water partition coefficient (Wildman–Crippen LogP) is 3.53. The molecule has 3 nitrogen and oxygen atoms in total. The highest BCUT2D eigenvalue weighted by atomic mass is 35.5. The van der Waals surface area contributed by atoms with E-state index in [0.717, 1.165) is 22.2 Å². The zero-order valence-corrected chi connectivity index (χ0v) is 10.2. The number of nitrogen functional groups attached to an aromatic ring is 1. The third-order valence-corrected chi connectivity index (χ3v) is 3.02. The zero-order chi connectivity index (χ0) is 12.5. The van der Waals surface area contributed by atoms with Crippen LogP contribution in [0.3, 0.4) is 0 Å². The average Bonchev–Trinajstić information content (AvgIpc) is 2.39. The molecule has 0 saturated carbocycles. The molecule has 0 radical (unpaired) electrons. The summed E-state index contributed by atoms with van der Waals surface area (Å²) in [5, 5.41) is 1.57. The Balaban J connectivity index is 2.21. The van der Waals surface area contributed by atoms with Gasteiger partial charge in [0.05, 0.1) is 11.2 Å². The lowest BCUT2D eigenvalue weighted by Crippen LogP contribution is -1.95. The second-order valence-electron chi connectivity index (χ2n) is 3.97. The predicted molar refractivity (Wildman–Crippen MR) is 74.4 cm³/mol. The molecule has 0 aliphatic rings. The number of benzene rings is 1. The fourth-order valence-corrected chi connectivity index (χ4v) is 2.00. The summed E-state index contributed by atoms with van der Waals surface area (Å²) in [7, 11) is 0. The number of halogens is 1. The van der Waals surface area contributed by atoms with Crippen LogP contribution in [0, 0.1) is 0 Å². The fourth-order valence-electron chi connectivity index (χ4n) is 1.87. The maximum absolute atomic E-state index is 5.95. The van der Waals surface area contributed by atoms with E-state index < -0.39 is 0 Å². The van der Waals surface area contributed by atoms with E-state index in [0.29, 0.717) is 10.8 Å². The summed E-state index contributed by atoms with van der Waals surface area (Å²) in [6.45, 7) is 0. The Kier molecular flexibility index (Phi) is 2.61. The molecule has 88 valence electrons. The van der Waals surface area contributed by atoms with Crippen molar-refractivity contribution in [3.8, 4) is 11.3 Å². The van der Waals surface area contributed by atoms with Crippen LogP contribution in [0.1, 0.15) is 0 Å². The first-order valence-electron chi connectivity index (χ1n) is 5.51. The number of rotatable bonds is 1. The summed E-state index contributed by atoms with van der Waals surface area (Å²) >= 11 is 5.87. The maximum Gasteiger partial charge on any atom is 0.133 e. The minimum Gasteiger partial charge on any atom is -0.383 e. The Morgan fingerprint density at radius 1 is 1.06 bits per heavy atom. The smallest absolute Gasteiger partial charge is 0.133 e. The van der Waals surface area contributed by atoms with Crippen LogP contribution in [0.25, 0.3) is 22.2 Å². The lowest BCUT2D eigenvalue weighted by atomic mass is 10.1. The number of fused-ring (bicyclic) bond motifs is 1. The second-order valence-corrected chi connectivity index (χ2v) is 4.41. The molecule has 0 unspecified atom stereocenters. The minimum absolute atomic E-state index is 0.491. The first-order valence-corrected chi connectivity index (χ1v) is 5.89. The third kappa shape index (κ3) is 1.89. The zero-order valence-electron chi connectivity index (χ0n) is 9.47. The van der Waals surface area contributed by atoms with Gasteiger partial charge in [0, 0.05) is 22.2 Å².